The Morgan fingerprint density at radius 1 is 0.610 bits per heavy atom. The van der Waals surface area contributed by atoms with Crippen LogP contribution in [0.25, 0.3) is 0 Å². The third kappa shape index (κ3) is 10.9. The maximum absolute atomic E-state index is 13.4. The van der Waals surface area contributed by atoms with Crippen molar-refractivity contribution < 1.29 is 38.5 Å². The lowest BCUT2D eigenvalue weighted by molar-refractivity contribution is -0.151. The number of aryl methyl sites for hydroxylation is 2. The van der Waals surface area contributed by atoms with Crippen LogP contribution in [0.3, 0.4) is 0 Å². The van der Waals surface area contributed by atoms with Gasteiger partial charge in [0.15, 0.2) is 0 Å². The molecule has 59 heavy (non-hydrogen) atoms. The van der Waals surface area contributed by atoms with Crippen LogP contribution in [-0.4, -0.2) is 58.8 Å². The van der Waals surface area contributed by atoms with Gasteiger partial charge in [0.25, 0.3) is 11.8 Å². The Hall–Kier alpha value is -5.64. The van der Waals surface area contributed by atoms with E-state index in [2.05, 4.69) is 10.6 Å². The zero-order chi connectivity index (χ0) is 43.3. The van der Waals surface area contributed by atoms with Gasteiger partial charge in [0.1, 0.15) is 22.6 Å². The summed E-state index contributed by atoms with van der Waals surface area (Å²) in [6.07, 6.45) is 3.71. The standard InChI is InChI=1S/C25H31NO4.C22H25NO4.C2H6/c1-5-14-29-24(28)25(15-19-11-7-8-12-20(19)16-25)26-23(27)21-13-9-10-17(3)22(21)30-18(4)6-2;1-4-15(3)27-19-14(2)8-7-11-18(19)20(24)23-22(21(25)26)12-16-9-5-6-10-17(16)13-22;1-2/h7-13,18H,5-6,14-16H2,1-4H3,(H,26,27);5-11,15H,4,12-13H2,1-3H3,(H,23,24)(H,25,26);1-2H3. The lowest BCUT2D eigenvalue weighted by atomic mass is 9.94. The smallest absolute Gasteiger partial charge is 0.332 e. The van der Waals surface area contributed by atoms with Crippen molar-refractivity contribution in [2.75, 3.05) is 6.61 Å². The minimum atomic E-state index is -1.34. The number of rotatable bonds is 14. The van der Waals surface area contributed by atoms with Gasteiger partial charge in [-0.3, -0.25) is 9.59 Å². The summed E-state index contributed by atoms with van der Waals surface area (Å²) in [6, 6.07) is 26.3. The van der Waals surface area contributed by atoms with Crippen LogP contribution in [0, 0.1) is 13.8 Å². The average molecular weight is 807 g/mol. The SMILES string of the molecule is CC.CCC(C)Oc1c(C)cccc1C(=O)NC1(C(=O)O)Cc2ccccc2C1.CCCOC(=O)C1(NC(=O)c2cccc(C)c2OC(C)CC)Cc2ccccc2C1. The Morgan fingerprint density at radius 3 is 1.34 bits per heavy atom. The topological polar surface area (TPSA) is 140 Å². The summed E-state index contributed by atoms with van der Waals surface area (Å²) < 4.78 is 17.5. The predicted molar refractivity (Wildman–Crippen MR) is 231 cm³/mol. The first kappa shape index (κ1) is 46.1. The number of carbonyl (C=O) groups is 4. The van der Waals surface area contributed by atoms with Gasteiger partial charge in [0, 0.05) is 25.7 Å². The molecule has 10 heteroatoms. The van der Waals surface area contributed by atoms with Gasteiger partial charge in [-0.25, -0.2) is 9.59 Å². The van der Waals surface area contributed by atoms with Crippen molar-refractivity contribution in [3.8, 4) is 11.5 Å². The number of carbonyl (C=O) groups excluding carboxylic acids is 3. The third-order valence-electron chi connectivity index (χ3n) is 10.8. The molecule has 4 aromatic rings. The molecule has 2 atom stereocenters. The Kier molecular flexibility index (Phi) is 16.3. The molecule has 2 aliphatic carbocycles. The van der Waals surface area contributed by atoms with Crippen molar-refractivity contribution in [2.45, 2.75) is 131 Å². The first-order valence-electron chi connectivity index (χ1n) is 21.0. The second-order valence-electron chi connectivity index (χ2n) is 15.3. The number of carboxylic acid groups (broad SMARTS) is 1. The largest absolute Gasteiger partial charge is 0.490 e. The Labute approximate surface area is 350 Å². The van der Waals surface area contributed by atoms with Crippen molar-refractivity contribution in [3.63, 3.8) is 0 Å². The first-order valence-corrected chi connectivity index (χ1v) is 21.0. The number of para-hydroxylation sites is 2. The number of hydrogen-bond donors (Lipinski definition) is 3. The first-order chi connectivity index (χ1) is 28.3. The number of amides is 2. The summed E-state index contributed by atoms with van der Waals surface area (Å²) >= 11 is 0. The molecule has 0 heterocycles. The maximum Gasteiger partial charge on any atom is 0.332 e. The van der Waals surface area contributed by atoms with E-state index in [1.54, 1.807) is 18.2 Å². The molecule has 0 spiro atoms. The van der Waals surface area contributed by atoms with Crippen LogP contribution >= 0.6 is 0 Å². The predicted octanol–water partition coefficient (Wildman–Crippen LogP) is 8.94. The molecule has 316 valence electrons. The summed E-state index contributed by atoms with van der Waals surface area (Å²) in [5, 5.41) is 15.7. The summed E-state index contributed by atoms with van der Waals surface area (Å²) in [5.74, 6) is -1.07. The molecular weight excluding hydrogens is 745 g/mol. The molecule has 0 saturated heterocycles. The molecule has 0 aliphatic heterocycles. The molecule has 0 aromatic heterocycles. The molecule has 6 rings (SSSR count). The molecule has 4 aromatic carbocycles. The second kappa shape index (κ2) is 20.9. The summed E-state index contributed by atoms with van der Waals surface area (Å²) in [4.78, 5) is 51.6. The molecule has 0 radical (unpaired) electrons. The van der Waals surface area contributed by atoms with E-state index in [4.69, 9.17) is 14.2 Å². The van der Waals surface area contributed by atoms with Gasteiger partial charge in [0.05, 0.1) is 29.9 Å². The summed E-state index contributed by atoms with van der Waals surface area (Å²) in [5.41, 5.74) is 4.15. The molecule has 0 fully saturated rings. The number of hydrogen-bond acceptors (Lipinski definition) is 7. The van der Waals surface area contributed by atoms with Gasteiger partial charge in [-0.1, -0.05) is 107 Å². The Balaban J connectivity index is 0.000000251. The fourth-order valence-electron chi connectivity index (χ4n) is 7.25. The molecule has 2 aliphatic rings. The molecule has 10 nitrogen and oxygen atoms in total. The van der Waals surface area contributed by atoms with E-state index in [0.717, 1.165) is 52.6 Å². The van der Waals surface area contributed by atoms with Crippen LogP contribution in [0.5, 0.6) is 11.5 Å². The number of fused-ring (bicyclic) bond motifs is 2. The van der Waals surface area contributed by atoms with Gasteiger partial charge < -0.3 is 30.0 Å². The number of benzene rings is 4. The van der Waals surface area contributed by atoms with Gasteiger partial charge in [-0.05, 0) is 92.5 Å². The van der Waals surface area contributed by atoms with Crippen LogP contribution in [0.2, 0.25) is 0 Å². The number of nitrogens with one attached hydrogen (secondary N) is 2. The van der Waals surface area contributed by atoms with E-state index in [0.29, 0.717) is 42.1 Å². The highest BCUT2D eigenvalue weighted by atomic mass is 16.5. The van der Waals surface area contributed by atoms with E-state index >= 15 is 0 Å². The molecule has 2 amide bonds. The van der Waals surface area contributed by atoms with Crippen LogP contribution in [-0.2, 0) is 40.0 Å². The molecule has 2 unspecified atom stereocenters. The summed E-state index contributed by atoms with van der Waals surface area (Å²) in [7, 11) is 0. The van der Waals surface area contributed by atoms with Crippen molar-refractivity contribution in [3.05, 3.63) is 129 Å². The molecule has 3 N–H and O–H groups in total. The van der Waals surface area contributed by atoms with E-state index < -0.39 is 23.0 Å². The van der Waals surface area contributed by atoms with Crippen LogP contribution in [0.1, 0.15) is 122 Å². The highest BCUT2D eigenvalue weighted by molar-refractivity contribution is 6.02. The Bertz CT molecular complexity index is 2040. The van der Waals surface area contributed by atoms with E-state index in [1.165, 1.54) is 0 Å². The number of esters is 1. The number of ether oxygens (including phenoxy) is 3. The van der Waals surface area contributed by atoms with Gasteiger partial charge in [-0.15, -0.1) is 0 Å². The van der Waals surface area contributed by atoms with Crippen molar-refractivity contribution >= 4 is 23.8 Å². The van der Waals surface area contributed by atoms with Crippen molar-refractivity contribution in [1.29, 1.82) is 0 Å². The highest BCUT2D eigenvalue weighted by Crippen LogP contribution is 2.34. The zero-order valence-corrected chi connectivity index (χ0v) is 36.2. The van der Waals surface area contributed by atoms with Crippen LogP contribution in [0.4, 0.5) is 0 Å². The second-order valence-corrected chi connectivity index (χ2v) is 15.3. The minimum absolute atomic E-state index is 0.0168. The fourth-order valence-corrected chi connectivity index (χ4v) is 7.25. The van der Waals surface area contributed by atoms with E-state index in [9.17, 15) is 24.3 Å². The lowest BCUT2D eigenvalue weighted by Gasteiger charge is -2.29. The quantitative estimate of drug-likeness (QED) is 0.107. The fraction of sp³-hybridized carbons (Fsp3) is 0.429. The normalized spacial score (nSPS) is 15.0. The summed E-state index contributed by atoms with van der Waals surface area (Å²) in [6.45, 7) is 18.1. The number of carboxylic acids is 1. The maximum atomic E-state index is 13.4. The van der Waals surface area contributed by atoms with Gasteiger partial charge >= 0.3 is 11.9 Å². The lowest BCUT2D eigenvalue weighted by Crippen LogP contribution is -2.56. The highest BCUT2D eigenvalue weighted by Gasteiger charge is 2.47. The Morgan fingerprint density at radius 2 is 0.983 bits per heavy atom. The van der Waals surface area contributed by atoms with Crippen LogP contribution < -0.4 is 20.1 Å². The third-order valence-corrected chi connectivity index (χ3v) is 10.8. The van der Waals surface area contributed by atoms with E-state index in [1.807, 2.05) is 129 Å². The van der Waals surface area contributed by atoms with Crippen molar-refractivity contribution in [1.82, 2.24) is 10.6 Å². The van der Waals surface area contributed by atoms with E-state index in [-0.39, 0.29) is 36.9 Å². The van der Waals surface area contributed by atoms with Crippen molar-refractivity contribution in [2.24, 2.45) is 0 Å². The van der Waals surface area contributed by atoms with Gasteiger partial charge in [0.2, 0.25) is 0 Å². The minimum Gasteiger partial charge on any atom is -0.490 e. The zero-order valence-electron chi connectivity index (χ0n) is 36.2. The van der Waals surface area contributed by atoms with Gasteiger partial charge in [-0.2, -0.15) is 0 Å². The molecule has 0 bridgehead atoms. The monoisotopic (exact) mass is 806 g/mol. The molecule has 0 saturated carbocycles. The average Bonchev–Trinajstić information content (AvgIpc) is 3.81. The number of aliphatic carboxylic acids is 1. The van der Waals surface area contributed by atoms with Crippen LogP contribution in [0.15, 0.2) is 84.9 Å². The molecular formula is C49H62N2O8.